The fourth-order valence-electron chi connectivity index (χ4n) is 1.34. The lowest BCUT2D eigenvalue weighted by Gasteiger charge is -2.04. The van der Waals surface area contributed by atoms with Crippen LogP contribution in [0.2, 0.25) is 5.15 Å². The summed E-state index contributed by atoms with van der Waals surface area (Å²) >= 11 is 5.85. The fraction of sp³-hybridized carbons (Fsp3) is 0.600. The Morgan fingerprint density at radius 1 is 1.62 bits per heavy atom. The van der Waals surface area contributed by atoms with Crippen molar-refractivity contribution in [3.05, 3.63) is 17.2 Å². The number of amides is 1. The topological polar surface area (TPSA) is 72.9 Å². The number of hydrogen-bond donors (Lipinski definition) is 2. The lowest BCUT2D eigenvalue weighted by Crippen LogP contribution is -2.18. The Balaban J connectivity index is 2.12. The lowest BCUT2D eigenvalue weighted by atomic mass is 10.2. The van der Waals surface area contributed by atoms with Crippen LogP contribution >= 0.6 is 11.6 Å². The molecular weight excluding hydrogens is 228 g/mol. The average Bonchev–Trinajstić information content (AvgIpc) is 2.54. The van der Waals surface area contributed by atoms with E-state index < -0.39 is 0 Å². The number of carbonyl (C=O) groups excluding carboxylic acids is 1. The van der Waals surface area contributed by atoms with Gasteiger partial charge in [-0.15, -0.1) is 0 Å². The number of unbranched alkanes of at least 4 members (excludes halogenated alkanes) is 1. The van der Waals surface area contributed by atoms with Crippen LogP contribution in [0.15, 0.2) is 6.20 Å². The maximum atomic E-state index is 10.5. The second-order valence-corrected chi connectivity index (χ2v) is 4.04. The molecule has 1 aromatic rings. The van der Waals surface area contributed by atoms with Gasteiger partial charge < -0.3 is 15.6 Å². The number of hydrogen-bond acceptors (Lipinski definition) is 3. The molecule has 0 saturated heterocycles. The molecule has 0 atom stereocenters. The summed E-state index contributed by atoms with van der Waals surface area (Å²) in [6, 6.07) is 0. The van der Waals surface area contributed by atoms with Crippen molar-refractivity contribution in [1.82, 2.24) is 14.9 Å². The van der Waals surface area contributed by atoms with Crippen LogP contribution in [0.3, 0.4) is 0 Å². The minimum absolute atomic E-state index is 0.240. The number of imidazole rings is 1. The van der Waals surface area contributed by atoms with E-state index in [2.05, 4.69) is 10.3 Å². The van der Waals surface area contributed by atoms with E-state index in [0.29, 0.717) is 18.1 Å². The van der Waals surface area contributed by atoms with E-state index in [-0.39, 0.29) is 5.91 Å². The smallest absolute Gasteiger partial charge is 0.217 e. The van der Waals surface area contributed by atoms with Gasteiger partial charge in [0.05, 0.1) is 12.7 Å². The van der Waals surface area contributed by atoms with E-state index in [1.54, 1.807) is 6.20 Å². The van der Waals surface area contributed by atoms with E-state index >= 15 is 0 Å². The first kappa shape index (κ1) is 13.0. The van der Waals surface area contributed by atoms with E-state index in [1.165, 1.54) is 0 Å². The molecule has 0 radical (unpaired) electrons. The second kappa shape index (κ2) is 6.50. The predicted octanol–water partition coefficient (Wildman–Crippen LogP) is 0.819. The maximum Gasteiger partial charge on any atom is 0.217 e. The molecule has 0 aliphatic carbocycles. The van der Waals surface area contributed by atoms with Crippen LogP contribution in [-0.4, -0.2) is 22.0 Å². The van der Waals surface area contributed by atoms with Crippen LogP contribution in [0.4, 0.5) is 0 Å². The number of aromatic nitrogens is 2. The quantitative estimate of drug-likeness (QED) is 0.698. The fourth-order valence-corrected chi connectivity index (χ4v) is 1.48. The highest BCUT2D eigenvalue weighted by molar-refractivity contribution is 6.29. The summed E-state index contributed by atoms with van der Waals surface area (Å²) in [6.45, 7) is 1.53. The molecule has 1 rings (SSSR count). The maximum absolute atomic E-state index is 10.5. The Bertz CT molecular complexity index is 351. The Labute approximate surface area is 100.0 Å². The number of halogens is 1. The minimum atomic E-state index is -0.240. The van der Waals surface area contributed by atoms with Crippen LogP contribution in [0.25, 0.3) is 0 Å². The highest BCUT2D eigenvalue weighted by Crippen LogP contribution is 2.08. The number of nitrogens with zero attached hydrogens (tertiary/aromatic N) is 2. The molecule has 1 aromatic heterocycles. The van der Waals surface area contributed by atoms with E-state index in [1.807, 2.05) is 11.6 Å². The zero-order valence-corrected chi connectivity index (χ0v) is 10.1. The summed E-state index contributed by atoms with van der Waals surface area (Å²) in [6.07, 6.45) is 3.84. The Kier molecular flexibility index (Phi) is 5.28. The zero-order chi connectivity index (χ0) is 12.0. The van der Waals surface area contributed by atoms with Gasteiger partial charge in [0, 0.05) is 13.5 Å². The molecule has 1 heterocycles. The molecule has 0 unspecified atom stereocenters. The summed E-state index contributed by atoms with van der Waals surface area (Å²) < 4.78 is 1.83. The molecule has 0 aliphatic heterocycles. The van der Waals surface area contributed by atoms with Gasteiger partial charge in [-0.25, -0.2) is 4.98 Å². The van der Waals surface area contributed by atoms with Crippen molar-refractivity contribution in [3.8, 4) is 0 Å². The number of rotatable bonds is 7. The molecule has 0 fully saturated rings. The molecule has 0 spiro atoms. The second-order valence-electron chi connectivity index (χ2n) is 3.66. The monoisotopic (exact) mass is 244 g/mol. The summed E-state index contributed by atoms with van der Waals surface area (Å²) in [5, 5.41) is 3.87. The Morgan fingerprint density at radius 3 is 2.94 bits per heavy atom. The molecule has 1 amide bonds. The highest BCUT2D eigenvalue weighted by atomic mass is 35.5. The van der Waals surface area contributed by atoms with Crippen molar-refractivity contribution in [2.45, 2.75) is 25.8 Å². The predicted molar refractivity (Wildman–Crippen MR) is 63.0 cm³/mol. The molecule has 0 aromatic carbocycles. The Hall–Kier alpha value is -1.07. The number of carbonyl (C=O) groups is 1. The van der Waals surface area contributed by atoms with E-state index in [4.69, 9.17) is 17.3 Å². The molecule has 0 bridgehead atoms. The molecular formula is C10H17ClN4O. The molecule has 0 saturated carbocycles. The van der Waals surface area contributed by atoms with E-state index in [0.717, 1.165) is 25.2 Å². The van der Waals surface area contributed by atoms with Crippen LogP contribution < -0.4 is 11.1 Å². The third kappa shape index (κ3) is 4.20. The van der Waals surface area contributed by atoms with Crippen molar-refractivity contribution in [1.29, 1.82) is 0 Å². The van der Waals surface area contributed by atoms with Gasteiger partial charge in [-0.05, 0) is 19.4 Å². The van der Waals surface area contributed by atoms with Crippen molar-refractivity contribution in [2.24, 2.45) is 12.8 Å². The lowest BCUT2D eigenvalue weighted by molar-refractivity contribution is -0.118. The van der Waals surface area contributed by atoms with Crippen molar-refractivity contribution >= 4 is 17.5 Å². The normalized spacial score (nSPS) is 10.6. The van der Waals surface area contributed by atoms with Gasteiger partial charge in [0.1, 0.15) is 11.0 Å². The summed E-state index contributed by atoms with van der Waals surface area (Å²) in [5.41, 5.74) is 5.03. The van der Waals surface area contributed by atoms with Gasteiger partial charge in [-0.1, -0.05) is 11.6 Å². The number of primary amides is 1. The van der Waals surface area contributed by atoms with Crippen LogP contribution in [0.1, 0.15) is 25.1 Å². The first-order valence-electron chi connectivity index (χ1n) is 5.26. The zero-order valence-electron chi connectivity index (χ0n) is 9.37. The van der Waals surface area contributed by atoms with Crippen molar-refractivity contribution in [2.75, 3.05) is 6.54 Å². The van der Waals surface area contributed by atoms with E-state index in [9.17, 15) is 4.79 Å². The molecule has 16 heavy (non-hydrogen) atoms. The van der Waals surface area contributed by atoms with Crippen LogP contribution in [0, 0.1) is 0 Å². The Morgan fingerprint density at radius 2 is 2.38 bits per heavy atom. The first-order chi connectivity index (χ1) is 7.61. The molecule has 5 nitrogen and oxygen atoms in total. The number of nitrogens with one attached hydrogen (secondary N) is 1. The number of nitrogens with two attached hydrogens (primary N) is 1. The first-order valence-corrected chi connectivity index (χ1v) is 5.64. The van der Waals surface area contributed by atoms with Gasteiger partial charge >= 0.3 is 0 Å². The van der Waals surface area contributed by atoms with Gasteiger partial charge in [0.2, 0.25) is 5.91 Å². The van der Waals surface area contributed by atoms with Crippen LogP contribution in [0.5, 0.6) is 0 Å². The van der Waals surface area contributed by atoms with Gasteiger partial charge in [0.25, 0.3) is 0 Å². The molecule has 3 N–H and O–H groups in total. The molecule has 90 valence electrons. The average molecular weight is 245 g/mol. The minimum Gasteiger partial charge on any atom is -0.370 e. The third-order valence-corrected chi connectivity index (χ3v) is 2.69. The summed E-state index contributed by atoms with van der Waals surface area (Å²) in [5.74, 6) is 0.663. The standard InChI is InChI=1S/C10H17ClN4O/c1-15-8(11)6-14-10(15)7-13-5-3-2-4-9(12)16/h6,13H,2-5,7H2,1H3,(H2,12,16). The molecule has 6 heteroatoms. The van der Waals surface area contributed by atoms with Gasteiger partial charge in [-0.3, -0.25) is 4.79 Å². The molecule has 0 aliphatic rings. The highest BCUT2D eigenvalue weighted by Gasteiger charge is 2.02. The van der Waals surface area contributed by atoms with Crippen molar-refractivity contribution < 1.29 is 4.79 Å². The summed E-state index contributed by atoms with van der Waals surface area (Å²) in [4.78, 5) is 14.6. The largest absolute Gasteiger partial charge is 0.370 e. The SMILES string of the molecule is Cn1c(Cl)cnc1CNCCCCC(N)=O. The third-order valence-electron chi connectivity index (χ3n) is 2.34. The van der Waals surface area contributed by atoms with Crippen LogP contribution in [-0.2, 0) is 18.4 Å². The summed E-state index contributed by atoms with van der Waals surface area (Å²) in [7, 11) is 1.87. The van der Waals surface area contributed by atoms with Gasteiger partial charge in [-0.2, -0.15) is 0 Å². The van der Waals surface area contributed by atoms with Gasteiger partial charge in [0.15, 0.2) is 0 Å². The van der Waals surface area contributed by atoms with Crippen molar-refractivity contribution in [3.63, 3.8) is 0 Å².